The molecular weight excluding hydrogens is 758 g/mol. The van der Waals surface area contributed by atoms with Gasteiger partial charge in [0.1, 0.15) is 11.6 Å². The van der Waals surface area contributed by atoms with Crippen LogP contribution in [0.1, 0.15) is 22.3 Å². The fourth-order valence-electron chi connectivity index (χ4n) is 7.31. The number of halogens is 3. The van der Waals surface area contributed by atoms with Gasteiger partial charge in [-0.15, -0.1) is 0 Å². The lowest BCUT2D eigenvalue weighted by Crippen LogP contribution is -2.38. The average Bonchev–Trinajstić information content (AvgIpc) is 3.24. The molecule has 0 bridgehead atoms. The summed E-state index contributed by atoms with van der Waals surface area (Å²) in [5.74, 6) is 0.216. The number of aromatic nitrogens is 5. The number of hydrogen-bond donors (Lipinski definition) is 1. The highest BCUT2D eigenvalue weighted by molar-refractivity contribution is 6.36. The van der Waals surface area contributed by atoms with Crippen molar-refractivity contribution in [1.82, 2.24) is 24.9 Å². The van der Waals surface area contributed by atoms with Crippen molar-refractivity contribution in [3.8, 4) is 22.8 Å². The predicted molar refractivity (Wildman–Crippen MR) is 227 cm³/mol. The molecular formula is C45H43ClF2N8O2. The van der Waals surface area contributed by atoms with Crippen molar-refractivity contribution in [2.24, 2.45) is 0 Å². The topological polar surface area (TPSA) is 101 Å². The maximum absolute atomic E-state index is 14.3. The number of aryl methyl sites for hydroxylation is 2. The minimum Gasteiger partial charge on any atom is -0.378 e. The molecule has 2 fully saturated rings. The van der Waals surface area contributed by atoms with Gasteiger partial charge in [-0.2, -0.15) is 0 Å². The zero-order chi connectivity index (χ0) is 40.3. The van der Waals surface area contributed by atoms with Crippen LogP contribution in [0, 0.1) is 39.3 Å². The van der Waals surface area contributed by atoms with E-state index in [1.807, 2.05) is 58.2 Å². The van der Waals surface area contributed by atoms with E-state index >= 15 is 0 Å². The first-order chi connectivity index (χ1) is 28.1. The van der Waals surface area contributed by atoms with E-state index in [4.69, 9.17) is 31.0 Å². The maximum atomic E-state index is 14.3. The molecule has 0 amide bonds. The summed E-state index contributed by atoms with van der Waals surface area (Å²) in [6, 6.07) is 19.1. The van der Waals surface area contributed by atoms with Gasteiger partial charge in [0.2, 0.25) is 0 Å². The SMILES string of the molecule is Cc1ccnc(-c2nc3cc(F)ccc3c(Cl)c2C)c1.Cc1ccnc(-c2nc3cc(F)ccc3c(Nc3cc(N4CCOCC4)cnc3N3CCOCC3)c2C)c1. The molecule has 0 atom stereocenters. The number of nitrogens with zero attached hydrogens (tertiary/aromatic N) is 7. The average molecular weight is 801 g/mol. The van der Waals surface area contributed by atoms with Gasteiger partial charge in [-0.1, -0.05) is 11.6 Å². The summed E-state index contributed by atoms with van der Waals surface area (Å²) in [5.41, 5.74) is 10.8. The molecule has 2 aliphatic rings. The lowest BCUT2D eigenvalue weighted by atomic mass is 10.0. The van der Waals surface area contributed by atoms with Crippen molar-refractivity contribution in [2.45, 2.75) is 27.7 Å². The van der Waals surface area contributed by atoms with E-state index in [9.17, 15) is 8.78 Å². The molecule has 2 saturated heterocycles. The van der Waals surface area contributed by atoms with Crippen LogP contribution in [0.15, 0.2) is 85.3 Å². The highest BCUT2D eigenvalue weighted by Gasteiger charge is 2.22. The smallest absolute Gasteiger partial charge is 0.152 e. The van der Waals surface area contributed by atoms with Gasteiger partial charge in [0.15, 0.2) is 5.82 Å². The van der Waals surface area contributed by atoms with E-state index in [1.165, 1.54) is 24.3 Å². The Labute approximate surface area is 340 Å². The van der Waals surface area contributed by atoms with Crippen LogP contribution in [0.5, 0.6) is 0 Å². The van der Waals surface area contributed by atoms with Gasteiger partial charge < -0.3 is 24.6 Å². The van der Waals surface area contributed by atoms with Gasteiger partial charge in [0, 0.05) is 67.0 Å². The van der Waals surface area contributed by atoms with Crippen LogP contribution >= 0.6 is 11.6 Å². The van der Waals surface area contributed by atoms with Gasteiger partial charge in [-0.3, -0.25) is 9.97 Å². The number of benzene rings is 2. The summed E-state index contributed by atoms with van der Waals surface area (Å²) >= 11 is 6.38. The Bertz CT molecular complexity index is 2630. The second-order valence-corrected chi connectivity index (χ2v) is 14.9. The van der Waals surface area contributed by atoms with E-state index in [0.29, 0.717) is 48.2 Å². The Morgan fingerprint density at radius 1 is 0.621 bits per heavy atom. The number of ether oxygens (including phenoxy) is 2. The maximum Gasteiger partial charge on any atom is 0.152 e. The molecule has 2 aliphatic heterocycles. The zero-order valence-electron chi connectivity index (χ0n) is 32.8. The van der Waals surface area contributed by atoms with Crippen LogP contribution in [0.25, 0.3) is 44.6 Å². The highest BCUT2D eigenvalue weighted by Crippen LogP contribution is 2.39. The zero-order valence-corrected chi connectivity index (χ0v) is 33.6. The molecule has 0 unspecified atom stereocenters. The van der Waals surface area contributed by atoms with Crippen molar-refractivity contribution < 1.29 is 18.3 Å². The summed E-state index contributed by atoms with van der Waals surface area (Å²) in [7, 11) is 0. The lowest BCUT2D eigenvalue weighted by Gasteiger charge is -2.32. The van der Waals surface area contributed by atoms with E-state index in [1.54, 1.807) is 24.5 Å². The van der Waals surface area contributed by atoms with Crippen LogP contribution in [-0.2, 0) is 9.47 Å². The minimum atomic E-state index is -0.326. The molecule has 0 aliphatic carbocycles. The molecule has 58 heavy (non-hydrogen) atoms. The Kier molecular flexibility index (Phi) is 11.4. The van der Waals surface area contributed by atoms with Gasteiger partial charge in [0.05, 0.1) is 88.5 Å². The number of fused-ring (bicyclic) bond motifs is 2. The third-order valence-corrected chi connectivity index (χ3v) is 10.9. The van der Waals surface area contributed by atoms with E-state index in [0.717, 1.165) is 99.2 Å². The monoisotopic (exact) mass is 800 g/mol. The summed E-state index contributed by atoms with van der Waals surface area (Å²) in [6.45, 7) is 13.8. The molecule has 296 valence electrons. The Hall–Kier alpha value is -5.82. The number of morpholine rings is 2. The van der Waals surface area contributed by atoms with Crippen molar-refractivity contribution in [3.63, 3.8) is 0 Å². The minimum absolute atomic E-state index is 0.326. The van der Waals surface area contributed by atoms with Gasteiger partial charge >= 0.3 is 0 Å². The lowest BCUT2D eigenvalue weighted by molar-refractivity contribution is 0.122. The van der Waals surface area contributed by atoms with Crippen molar-refractivity contribution >= 4 is 56.3 Å². The standard InChI is InChI=1S/C29H31FN6O2.C16H12ClFN2/c1-19-5-6-31-25(15-19)28-20(2)27(23-4-3-21(30)16-24(23)33-28)34-26-17-22(35-7-11-37-12-8-35)18-32-29(26)36-9-13-38-14-10-36;1-9-5-6-19-14(7-9)16-10(2)15(17)12-4-3-11(18)8-13(12)20-16/h3-6,15-18H,7-14H2,1-2H3,(H,33,34);3-8H,1-2H3. The van der Waals surface area contributed by atoms with Gasteiger partial charge in [-0.05, 0) is 99.0 Å². The largest absolute Gasteiger partial charge is 0.378 e. The highest BCUT2D eigenvalue weighted by atomic mass is 35.5. The molecule has 0 radical (unpaired) electrons. The van der Waals surface area contributed by atoms with Crippen molar-refractivity contribution in [1.29, 1.82) is 0 Å². The Morgan fingerprint density at radius 2 is 1.16 bits per heavy atom. The molecule has 5 aromatic heterocycles. The van der Waals surface area contributed by atoms with Crippen LogP contribution in [0.3, 0.4) is 0 Å². The summed E-state index contributed by atoms with van der Waals surface area (Å²) < 4.78 is 38.9. The van der Waals surface area contributed by atoms with E-state index in [-0.39, 0.29) is 11.6 Å². The van der Waals surface area contributed by atoms with Crippen LogP contribution in [0.2, 0.25) is 5.02 Å². The first kappa shape index (κ1) is 39.0. The fourth-order valence-corrected chi connectivity index (χ4v) is 7.56. The predicted octanol–water partition coefficient (Wildman–Crippen LogP) is 9.57. The molecule has 7 aromatic rings. The van der Waals surface area contributed by atoms with Crippen molar-refractivity contribution in [2.75, 3.05) is 67.7 Å². The molecule has 10 nitrogen and oxygen atoms in total. The normalized spacial score (nSPS) is 14.4. The molecule has 9 rings (SSSR count). The number of nitrogens with one attached hydrogen (secondary N) is 1. The quantitative estimate of drug-likeness (QED) is 0.175. The summed E-state index contributed by atoms with van der Waals surface area (Å²) in [6.07, 6.45) is 5.45. The summed E-state index contributed by atoms with van der Waals surface area (Å²) in [4.78, 5) is 27.7. The second-order valence-electron chi connectivity index (χ2n) is 14.5. The second kappa shape index (κ2) is 17.0. The number of anilines is 4. The van der Waals surface area contributed by atoms with Crippen LogP contribution in [-0.4, -0.2) is 77.5 Å². The third-order valence-electron chi connectivity index (χ3n) is 10.4. The van der Waals surface area contributed by atoms with E-state index < -0.39 is 0 Å². The van der Waals surface area contributed by atoms with Crippen LogP contribution in [0.4, 0.5) is 31.7 Å². The van der Waals surface area contributed by atoms with Crippen molar-refractivity contribution in [3.05, 3.63) is 124 Å². The summed E-state index contributed by atoms with van der Waals surface area (Å²) in [5, 5.41) is 5.89. The Balaban J connectivity index is 0.000000197. The Morgan fingerprint density at radius 3 is 1.74 bits per heavy atom. The molecule has 2 aromatic carbocycles. The molecule has 1 N–H and O–H groups in total. The van der Waals surface area contributed by atoms with Gasteiger partial charge in [0.25, 0.3) is 0 Å². The van der Waals surface area contributed by atoms with E-state index in [2.05, 4.69) is 36.1 Å². The number of pyridine rings is 5. The number of rotatable bonds is 6. The van der Waals surface area contributed by atoms with Gasteiger partial charge in [-0.25, -0.2) is 23.7 Å². The first-order valence-electron chi connectivity index (χ1n) is 19.3. The molecule has 0 spiro atoms. The molecule has 7 heterocycles. The fraction of sp³-hybridized carbons (Fsp3) is 0.267. The first-order valence-corrected chi connectivity index (χ1v) is 19.6. The third kappa shape index (κ3) is 8.27. The number of hydrogen-bond acceptors (Lipinski definition) is 10. The molecule has 0 saturated carbocycles. The van der Waals surface area contributed by atoms with Crippen LogP contribution < -0.4 is 15.1 Å². The molecule has 13 heteroatoms.